The van der Waals surface area contributed by atoms with E-state index in [0.29, 0.717) is 5.76 Å². The zero-order valence-corrected chi connectivity index (χ0v) is 12.6. The van der Waals surface area contributed by atoms with Gasteiger partial charge in [-0.3, -0.25) is 9.59 Å². The Bertz CT molecular complexity index is 587. The Labute approximate surface area is 129 Å². The van der Waals surface area contributed by atoms with Crippen LogP contribution in [0.15, 0.2) is 49.1 Å². The Hall–Kier alpha value is -2.56. The van der Waals surface area contributed by atoms with Crippen molar-refractivity contribution in [3.8, 4) is 0 Å². The molecular formula is C17H18O5. The third-order valence-corrected chi connectivity index (χ3v) is 3.60. The molecule has 0 bridgehead atoms. The summed E-state index contributed by atoms with van der Waals surface area (Å²) in [6, 6.07) is 9.21. The van der Waals surface area contributed by atoms with Crippen molar-refractivity contribution in [2.75, 3.05) is 14.2 Å². The molecule has 0 aliphatic carbocycles. The number of benzene rings is 1. The molecule has 0 N–H and O–H groups in total. The molecule has 0 aromatic heterocycles. The van der Waals surface area contributed by atoms with Gasteiger partial charge in [0.2, 0.25) is 0 Å². The lowest BCUT2D eigenvalue weighted by Crippen LogP contribution is -2.44. The van der Waals surface area contributed by atoms with Gasteiger partial charge in [-0.15, -0.1) is 0 Å². The number of esters is 2. The summed E-state index contributed by atoms with van der Waals surface area (Å²) in [6.45, 7) is 3.69. The fourth-order valence-electron chi connectivity index (χ4n) is 2.46. The monoisotopic (exact) mass is 302 g/mol. The zero-order valence-electron chi connectivity index (χ0n) is 12.6. The van der Waals surface area contributed by atoms with Crippen LogP contribution in [-0.4, -0.2) is 32.3 Å². The number of hydrogen-bond donors (Lipinski definition) is 0. The number of rotatable bonds is 4. The van der Waals surface area contributed by atoms with Crippen LogP contribution >= 0.6 is 0 Å². The fourth-order valence-corrected chi connectivity index (χ4v) is 2.46. The maximum Gasteiger partial charge on any atom is 0.327 e. The average molecular weight is 302 g/mol. The summed E-state index contributed by atoms with van der Waals surface area (Å²) in [5.74, 6) is -0.932. The number of hydrogen-bond acceptors (Lipinski definition) is 5. The van der Waals surface area contributed by atoms with Crippen LogP contribution in [-0.2, 0) is 23.8 Å². The van der Waals surface area contributed by atoms with E-state index in [2.05, 4.69) is 6.58 Å². The van der Waals surface area contributed by atoms with Crippen LogP contribution in [0.25, 0.3) is 5.76 Å². The highest BCUT2D eigenvalue weighted by Gasteiger charge is 2.51. The predicted molar refractivity (Wildman–Crippen MR) is 80.6 cm³/mol. The first-order chi connectivity index (χ1) is 10.6. The smallest absolute Gasteiger partial charge is 0.327 e. The molecule has 0 saturated carbocycles. The first-order valence-electron chi connectivity index (χ1n) is 6.81. The SMILES string of the molecule is C=C[C@H]1CC(C(=O)OC)(C(=O)OC)C=C(c2ccccc2)O1. The minimum absolute atomic E-state index is 0.0895. The molecular weight excluding hydrogens is 284 g/mol. The highest BCUT2D eigenvalue weighted by molar-refractivity contribution is 6.03. The third kappa shape index (κ3) is 2.74. The van der Waals surface area contributed by atoms with Crippen LogP contribution in [0.4, 0.5) is 0 Å². The zero-order chi connectivity index (χ0) is 16.2. The largest absolute Gasteiger partial charge is 0.486 e. The molecule has 1 aliphatic rings. The summed E-state index contributed by atoms with van der Waals surface area (Å²) in [6.07, 6.45) is 2.61. The van der Waals surface area contributed by atoms with Crippen molar-refractivity contribution in [1.29, 1.82) is 0 Å². The van der Waals surface area contributed by atoms with E-state index >= 15 is 0 Å². The second-order valence-electron chi connectivity index (χ2n) is 4.93. The maximum absolute atomic E-state index is 12.3. The topological polar surface area (TPSA) is 61.8 Å². The second kappa shape index (κ2) is 6.47. The van der Waals surface area contributed by atoms with Crippen LogP contribution in [0.5, 0.6) is 0 Å². The summed E-state index contributed by atoms with van der Waals surface area (Å²) in [5, 5.41) is 0. The number of carbonyl (C=O) groups is 2. The molecule has 1 heterocycles. The van der Waals surface area contributed by atoms with Crippen LogP contribution in [0.3, 0.4) is 0 Å². The quantitative estimate of drug-likeness (QED) is 0.485. The number of ether oxygens (including phenoxy) is 3. The first kappa shape index (κ1) is 15.8. The lowest BCUT2D eigenvalue weighted by atomic mass is 9.79. The minimum atomic E-state index is -1.54. The van der Waals surface area contributed by atoms with Gasteiger partial charge in [-0.25, -0.2) is 0 Å². The molecule has 0 fully saturated rings. The Balaban J connectivity index is 2.57. The summed E-state index contributed by atoms with van der Waals surface area (Å²) < 4.78 is 15.4. The van der Waals surface area contributed by atoms with Gasteiger partial charge in [0.25, 0.3) is 0 Å². The molecule has 1 atom stereocenters. The van der Waals surface area contributed by atoms with E-state index in [1.165, 1.54) is 20.3 Å². The molecule has 0 spiro atoms. The van der Waals surface area contributed by atoms with Gasteiger partial charge in [-0.2, -0.15) is 0 Å². The highest BCUT2D eigenvalue weighted by Crippen LogP contribution is 2.39. The molecule has 22 heavy (non-hydrogen) atoms. The third-order valence-electron chi connectivity index (χ3n) is 3.60. The van der Waals surface area contributed by atoms with Crippen LogP contribution in [0.2, 0.25) is 0 Å². The van der Waals surface area contributed by atoms with Crippen molar-refractivity contribution in [3.63, 3.8) is 0 Å². The van der Waals surface area contributed by atoms with Gasteiger partial charge in [0, 0.05) is 12.0 Å². The number of carbonyl (C=O) groups excluding carboxylic acids is 2. The van der Waals surface area contributed by atoms with Gasteiger partial charge in [-0.1, -0.05) is 43.0 Å². The van der Waals surface area contributed by atoms with Gasteiger partial charge in [0.05, 0.1) is 14.2 Å². The highest BCUT2D eigenvalue weighted by atomic mass is 16.5. The van der Waals surface area contributed by atoms with Crippen LogP contribution in [0, 0.1) is 5.41 Å². The van der Waals surface area contributed by atoms with Crippen LogP contribution in [0.1, 0.15) is 12.0 Å². The average Bonchev–Trinajstić information content (AvgIpc) is 2.60. The molecule has 2 rings (SSSR count). The minimum Gasteiger partial charge on any atom is -0.486 e. The Morgan fingerprint density at radius 3 is 2.32 bits per heavy atom. The van der Waals surface area contributed by atoms with Gasteiger partial charge in [0.15, 0.2) is 5.41 Å². The molecule has 0 radical (unpaired) electrons. The normalized spacial score (nSPS) is 19.4. The van der Waals surface area contributed by atoms with E-state index < -0.39 is 23.5 Å². The standard InChI is InChI=1S/C17H18O5/c1-4-13-10-17(15(18)20-2,16(19)21-3)11-14(22-13)12-8-6-5-7-9-12/h4-9,11,13H,1,10H2,2-3H3/t13-/m0/s1. The molecule has 5 heteroatoms. The summed E-state index contributed by atoms with van der Waals surface area (Å²) in [5.41, 5.74) is -0.780. The van der Waals surface area contributed by atoms with E-state index in [9.17, 15) is 9.59 Å². The van der Waals surface area contributed by atoms with Crippen molar-refractivity contribution in [1.82, 2.24) is 0 Å². The van der Waals surface area contributed by atoms with Crippen molar-refractivity contribution in [2.24, 2.45) is 5.41 Å². The molecule has 116 valence electrons. The number of methoxy groups -OCH3 is 2. The Kier molecular flexibility index (Phi) is 4.65. The van der Waals surface area contributed by atoms with Crippen molar-refractivity contribution < 1.29 is 23.8 Å². The Morgan fingerprint density at radius 2 is 1.82 bits per heavy atom. The van der Waals surface area contributed by atoms with E-state index in [1.807, 2.05) is 30.3 Å². The molecule has 0 unspecified atom stereocenters. The molecule has 0 amide bonds. The summed E-state index contributed by atoms with van der Waals surface area (Å²) in [7, 11) is 2.48. The van der Waals surface area contributed by atoms with Crippen molar-refractivity contribution in [3.05, 3.63) is 54.6 Å². The van der Waals surface area contributed by atoms with E-state index in [0.717, 1.165) is 5.56 Å². The van der Waals surface area contributed by atoms with Gasteiger partial charge >= 0.3 is 11.9 Å². The van der Waals surface area contributed by atoms with Gasteiger partial charge in [0.1, 0.15) is 11.9 Å². The van der Waals surface area contributed by atoms with Crippen LogP contribution < -0.4 is 0 Å². The van der Waals surface area contributed by atoms with Gasteiger partial charge in [-0.05, 0) is 6.08 Å². The van der Waals surface area contributed by atoms with E-state index in [-0.39, 0.29) is 6.42 Å². The fraction of sp³-hybridized carbons (Fsp3) is 0.294. The predicted octanol–water partition coefficient (Wildman–Crippen LogP) is 2.33. The first-order valence-corrected chi connectivity index (χ1v) is 6.81. The molecule has 1 aliphatic heterocycles. The lowest BCUT2D eigenvalue weighted by Gasteiger charge is -2.34. The van der Waals surface area contributed by atoms with Crippen molar-refractivity contribution in [2.45, 2.75) is 12.5 Å². The molecule has 1 aromatic rings. The van der Waals surface area contributed by atoms with Gasteiger partial charge < -0.3 is 14.2 Å². The van der Waals surface area contributed by atoms with Crippen molar-refractivity contribution >= 4 is 17.7 Å². The Morgan fingerprint density at radius 1 is 1.23 bits per heavy atom. The summed E-state index contributed by atoms with van der Waals surface area (Å²) >= 11 is 0. The lowest BCUT2D eigenvalue weighted by molar-refractivity contribution is -0.167. The molecule has 0 saturated heterocycles. The summed E-state index contributed by atoms with van der Waals surface area (Å²) in [4.78, 5) is 24.5. The molecule has 1 aromatic carbocycles. The second-order valence-corrected chi connectivity index (χ2v) is 4.93. The van der Waals surface area contributed by atoms with E-state index in [1.54, 1.807) is 6.08 Å². The molecule has 5 nitrogen and oxygen atoms in total. The maximum atomic E-state index is 12.3. The van der Waals surface area contributed by atoms with E-state index in [4.69, 9.17) is 14.2 Å².